The van der Waals surface area contributed by atoms with E-state index in [0.29, 0.717) is 6.04 Å². The number of nitrogens with one attached hydrogen (secondary N) is 1. The average Bonchev–Trinajstić information content (AvgIpc) is 2.40. The molecule has 3 nitrogen and oxygen atoms in total. The molecule has 0 spiro atoms. The van der Waals surface area contributed by atoms with Gasteiger partial charge in [-0.15, -0.1) is 0 Å². The Morgan fingerprint density at radius 2 is 1.62 bits per heavy atom. The van der Waals surface area contributed by atoms with Crippen LogP contribution in [0.2, 0.25) is 0 Å². The summed E-state index contributed by atoms with van der Waals surface area (Å²) in [7, 11) is 0. The lowest BCUT2D eigenvalue weighted by atomic mass is 9.81. The fraction of sp³-hybridized carbons (Fsp3) is 0.667. The van der Waals surface area contributed by atoms with Crippen molar-refractivity contribution in [2.75, 3.05) is 26.2 Å². The summed E-state index contributed by atoms with van der Waals surface area (Å²) in [4.78, 5) is 2.61. The van der Waals surface area contributed by atoms with E-state index in [0.717, 1.165) is 31.9 Å². The van der Waals surface area contributed by atoms with Gasteiger partial charge in [-0.1, -0.05) is 32.9 Å². The molecule has 0 aliphatic carbocycles. The maximum absolute atomic E-state index is 5.76. The molecule has 1 fully saturated rings. The molecule has 1 aromatic rings. The van der Waals surface area contributed by atoms with E-state index in [2.05, 4.69) is 69.1 Å². The molecule has 1 aromatic carbocycles. The Labute approximate surface area is 129 Å². The van der Waals surface area contributed by atoms with Crippen LogP contribution in [0.4, 0.5) is 0 Å². The molecule has 118 valence electrons. The third-order valence-electron chi connectivity index (χ3n) is 3.90. The highest BCUT2D eigenvalue weighted by Crippen LogP contribution is 2.38. The standard InChI is InChI=1S/C18H30N2O/c1-14(2)21-16-8-6-15(7-9-16)17(18(3,4)5)20-12-10-19-11-13-20/h6-9,14,17,19H,10-13H2,1-5H3/t17-/m0/s1. The van der Waals surface area contributed by atoms with Gasteiger partial charge < -0.3 is 10.1 Å². The van der Waals surface area contributed by atoms with Gasteiger partial charge in [0.05, 0.1) is 6.10 Å². The minimum absolute atomic E-state index is 0.220. The lowest BCUT2D eigenvalue weighted by molar-refractivity contribution is 0.0861. The van der Waals surface area contributed by atoms with Crippen LogP contribution in [-0.2, 0) is 0 Å². The molecule has 3 heteroatoms. The molecular weight excluding hydrogens is 260 g/mol. The Hall–Kier alpha value is -1.06. The van der Waals surface area contributed by atoms with E-state index in [9.17, 15) is 0 Å². The van der Waals surface area contributed by atoms with Crippen molar-refractivity contribution in [3.05, 3.63) is 29.8 Å². The number of piperazine rings is 1. The molecule has 0 unspecified atom stereocenters. The predicted molar refractivity (Wildman–Crippen MR) is 88.8 cm³/mol. The van der Waals surface area contributed by atoms with Gasteiger partial charge in [0.25, 0.3) is 0 Å². The number of nitrogens with zero attached hydrogens (tertiary/aromatic N) is 1. The second kappa shape index (κ2) is 6.80. The van der Waals surface area contributed by atoms with E-state index >= 15 is 0 Å². The molecule has 0 bridgehead atoms. The number of rotatable bonds is 4. The lowest BCUT2D eigenvalue weighted by Crippen LogP contribution is -2.48. The molecule has 0 radical (unpaired) electrons. The van der Waals surface area contributed by atoms with Crippen molar-refractivity contribution in [3.8, 4) is 5.75 Å². The average molecular weight is 290 g/mol. The highest BCUT2D eigenvalue weighted by atomic mass is 16.5. The largest absolute Gasteiger partial charge is 0.491 e. The van der Waals surface area contributed by atoms with Gasteiger partial charge in [-0.2, -0.15) is 0 Å². The summed E-state index contributed by atoms with van der Waals surface area (Å²) in [5, 5.41) is 3.44. The summed E-state index contributed by atoms with van der Waals surface area (Å²) < 4.78 is 5.76. The molecule has 1 aliphatic heterocycles. The first-order chi connectivity index (χ1) is 9.88. The van der Waals surface area contributed by atoms with Gasteiger partial charge in [0.2, 0.25) is 0 Å². The van der Waals surface area contributed by atoms with Crippen LogP contribution in [0, 0.1) is 5.41 Å². The number of hydrogen-bond donors (Lipinski definition) is 1. The third-order valence-corrected chi connectivity index (χ3v) is 3.90. The topological polar surface area (TPSA) is 24.5 Å². The van der Waals surface area contributed by atoms with E-state index in [1.807, 2.05) is 0 Å². The summed E-state index contributed by atoms with van der Waals surface area (Å²) in [6, 6.07) is 9.13. The zero-order valence-electron chi connectivity index (χ0n) is 14.1. The quantitative estimate of drug-likeness (QED) is 0.919. The van der Waals surface area contributed by atoms with Gasteiger partial charge in [-0.05, 0) is 37.0 Å². The summed E-state index contributed by atoms with van der Waals surface area (Å²) >= 11 is 0. The number of benzene rings is 1. The monoisotopic (exact) mass is 290 g/mol. The smallest absolute Gasteiger partial charge is 0.119 e. The minimum Gasteiger partial charge on any atom is -0.491 e. The van der Waals surface area contributed by atoms with Crippen LogP contribution in [0.25, 0.3) is 0 Å². The molecular formula is C18H30N2O. The van der Waals surface area contributed by atoms with Crippen LogP contribution >= 0.6 is 0 Å². The first kappa shape index (κ1) is 16.3. The fourth-order valence-electron chi connectivity index (χ4n) is 3.20. The Kier molecular flexibility index (Phi) is 5.28. The molecule has 21 heavy (non-hydrogen) atoms. The van der Waals surface area contributed by atoms with Crippen LogP contribution < -0.4 is 10.1 Å². The Morgan fingerprint density at radius 3 is 2.10 bits per heavy atom. The van der Waals surface area contributed by atoms with Crippen molar-refractivity contribution in [2.45, 2.75) is 46.8 Å². The Bertz CT molecular complexity index is 428. The predicted octanol–water partition coefficient (Wildman–Crippen LogP) is 3.47. The van der Waals surface area contributed by atoms with Crippen molar-refractivity contribution < 1.29 is 4.74 Å². The maximum atomic E-state index is 5.76. The molecule has 0 saturated carbocycles. The van der Waals surface area contributed by atoms with E-state index in [4.69, 9.17) is 4.74 Å². The van der Waals surface area contributed by atoms with Gasteiger partial charge in [-0.25, -0.2) is 0 Å². The molecule has 0 amide bonds. The number of hydrogen-bond acceptors (Lipinski definition) is 3. The summed E-state index contributed by atoms with van der Waals surface area (Å²) in [6.07, 6.45) is 0.224. The summed E-state index contributed by atoms with van der Waals surface area (Å²) in [6.45, 7) is 15.5. The molecule has 0 aromatic heterocycles. The summed E-state index contributed by atoms with van der Waals surface area (Å²) in [5.74, 6) is 0.960. The lowest BCUT2D eigenvalue weighted by Gasteiger charge is -2.42. The van der Waals surface area contributed by atoms with E-state index < -0.39 is 0 Å². The zero-order chi connectivity index (χ0) is 15.5. The number of ether oxygens (including phenoxy) is 1. The van der Waals surface area contributed by atoms with Crippen LogP contribution in [0.15, 0.2) is 24.3 Å². The van der Waals surface area contributed by atoms with Crippen molar-refractivity contribution in [3.63, 3.8) is 0 Å². The molecule has 1 aliphatic rings. The third kappa shape index (κ3) is 4.45. The van der Waals surface area contributed by atoms with Gasteiger partial charge in [0.15, 0.2) is 0 Å². The molecule has 1 N–H and O–H groups in total. The van der Waals surface area contributed by atoms with E-state index in [1.54, 1.807) is 0 Å². The fourth-order valence-corrected chi connectivity index (χ4v) is 3.20. The van der Waals surface area contributed by atoms with Gasteiger partial charge >= 0.3 is 0 Å². The molecule has 1 saturated heterocycles. The van der Waals surface area contributed by atoms with Crippen LogP contribution in [0.5, 0.6) is 5.75 Å². The van der Waals surface area contributed by atoms with Gasteiger partial charge in [0.1, 0.15) is 5.75 Å². The SMILES string of the molecule is CC(C)Oc1ccc([C@H](N2CCNCC2)C(C)(C)C)cc1. The molecule has 1 atom stereocenters. The normalized spacial score (nSPS) is 18.8. The van der Waals surface area contributed by atoms with Crippen molar-refractivity contribution in [1.29, 1.82) is 0 Å². The highest BCUT2D eigenvalue weighted by molar-refractivity contribution is 5.30. The van der Waals surface area contributed by atoms with E-state index in [-0.39, 0.29) is 11.5 Å². The first-order valence-electron chi connectivity index (χ1n) is 8.09. The molecule has 2 rings (SSSR count). The van der Waals surface area contributed by atoms with Crippen LogP contribution in [0.1, 0.15) is 46.2 Å². The highest BCUT2D eigenvalue weighted by Gasteiger charge is 2.32. The minimum atomic E-state index is 0.220. The first-order valence-corrected chi connectivity index (χ1v) is 8.09. The van der Waals surface area contributed by atoms with Crippen molar-refractivity contribution >= 4 is 0 Å². The maximum Gasteiger partial charge on any atom is 0.119 e. The van der Waals surface area contributed by atoms with Gasteiger partial charge in [0, 0.05) is 32.2 Å². The van der Waals surface area contributed by atoms with E-state index in [1.165, 1.54) is 5.56 Å². The van der Waals surface area contributed by atoms with Crippen LogP contribution in [0.3, 0.4) is 0 Å². The van der Waals surface area contributed by atoms with Crippen molar-refractivity contribution in [1.82, 2.24) is 10.2 Å². The summed E-state index contributed by atoms with van der Waals surface area (Å²) in [5.41, 5.74) is 1.61. The Morgan fingerprint density at radius 1 is 1.05 bits per heavy atom. The van der Waals surface area contributed by atoms with Crippen molar-refractivity contribution in [2.24, 2.45) is 5.41 Å². The second-order valence-electron chi connectivity index (χ2n) is 7.29. The Balaban J connectivity index is 2.20. The zero-order valence-corrected chi connectivity index (χ0v) is 14.1. The van der Waals surface area contributed by atoms with Crippen LogP contribution in [-0.4, -0.2) is 37.2 Å². The van der Waals surface area contributed by atoms with Gasteiger partial charge in [-0.3, -0.25) is 4.90 Å². The second-order valence-corrected chi connectivity index (χ2v) is 7.29. The molecule has 1 heterocycles.